The van der Waals surface area contributed by atoms with E-state index in [1.165, 1.54) is 24.4 Å². The Labute approximate surface area is 125 Å². The van der Waals surface area contributed by atoms with Gasteiger partial charge in [0.15, 0.2) is 0 Å². The van der Waals surface area contributed by atoms with Crippen LogP contribution in [0.25, 0.3) is 16.9 Å². The molecule has 2 aromatic heterocycles. The minimum absolute atomic E-state index is 0.0222. The zero-order valence-corrected chi connectivity index (χ0v) is 11.9. The number of aromatic nitrogens is 4. The number of hydrogen-bond acceptors (Lipinski definition) is 3. The zero-order valence-electron chi connectivity index (χ0n) is 10.3. The van der Waals surface area contributed by atoms with E-state index in [4.69, 9.17) is 0 Å². The van der Waals surface area contributed by atoms with Gasteiger partial charge in [0, 0.05) is 6.20 Å². The van der Waals surface area contributed by atoms with Crippen molar-refractivity contribution in [2.45, 2.75) is 0 Å². The third kappa shape index (κ3) is 2.27. The van der Waals surface area contributed by atoms with Crippen LogP contribution in [0.3, 0.4) is 0 Å². The summed E-state index contributed by atoms with van der Waals surface area (Å²) in [6.07, 6.45) is 2.26. The molecule has 0 fully saturated rings. The third-order valence-corrected chi connectivity index (χ3v) is 3.59. The largest absolute Gasteiger partial charge is 0.279 e. The summed E-state index contributed by atoms with van der Waals surface area (Å²) in [5, 5.41) is 2.45. The molecule has 0 saturated carbocycles. The molecule has 3 rings (SSSR count). The van der Waals surface area contributed by atoms with Gasteiger partial charge in [-0.15, -0.1) is 0 Å². The van der Waals surface area contributed by atoms with E-state index in [0.717, 1.165) is 11.0 Å². The summed E-state index contributed by atoms with van der Waals surface area (Å²) in [6.45, 7) is 0. The van der Waals surface area contributed by atoms with E-state index in [2.05, 4.69) is 31.0 Å². The Balaban J connectivity index is 2.35. The number of H-pyrrole nitrogens is 1. The first-order chi connectivity index (χ1) is 10.1. The van der Waals surface area contributed by atoms with E-state index < -0.39 is 17.3 Å². The Kier molecular flexibility index (Phi) is 3.38. The molecule has 0 bridgehead atoms. The third-order valence-electron chi connectivity index (χ3n) is 2.86. The van der Waals surface area contributed by atoms with E-state index in [1.54, 1.807) is 6.07 Å². The summed E-state index contributed by atoms with van der Waals surface area (Å²) in [5.41, 5.74) is -0.343. The van der Waals surface area contributed by atoms with Crippen LogP contribution >= 0.6 is 15.9 Å². The average molecular weight is 353 g/mol. The molecular weight excluding hydrogens is 346 g/mol. The molecule has 0 aliphatic rings. The molecule has 0 unspecified atom stereocenters. The van der Waals surface area contributed by atoms with Gasteiger partial charge in [0.25, 0.3) is 5.56 Å². The number of para-hydroxylation sites is 1. The van der Waals surface area contributed by atoms with Crippen molar-refractivity contribution in [3.8, 4) is 16.9 Å². The first-order valence-electron chi connectivity index (χ1n) is 5.81. The molecular formula is C13H7BrF2N4O. The van der Waals surface area contributed by atoms with Crippen molar-refractivity contribution in [1.82, 2.24) is 19.7 Å². The quantitative estimate of drug-likeness (QED) is 0.721. The van der Waals surface area contributed by atoms with Crippen molar-refractivity contribution in [1.29, 1.82) is 0 Å². The van der Waals surface area contributed by atoms with E-state index in [-0.39, 0.29) is 21.4 Å². The van der Waals surface area contributed by atoms with Gasteiger partial charge in [-0.25, -0.2) is 19.0 Å². The number of nitrogens with one attached hydrogen (secondary N) is 1. The number of benzene rings is 1. The molecule has 0 saturated heterocycles. The fourth-order valence-electron chi connectivity index (χ4n) is 1.94. The number of halogens is 3. The predicted octanol–water partition coefficient (Wildman–Crippen LogP) is 2.66. The van der Waals surface area contributed by atoms with Gasteiger partial charge in [0.05, 0.1) is 16.9 Å². The van der Waals surface area contributed by atoms with Crippen molar-refractivity contribution < 1.29 is 8.78 Å². The smallest absolute Gasteiger partial charge is 0.267 e. The van der Waals surface area contributed by atoms with Gasteiger partial charge in [-0.2, -0.15) is 4.39 Å². The minimum atomic E-state index is -0.810. The van der Waals surface area contributed by atoms with Crippen molar-refractivity contribution >= 4 is 15.9 Å². The molecule has 3 aromatic rings. The molecule has 2 heterocycles. The highest BCUT2D eigenvalue weighted by Gasteiger charge is 2.21. The van der Waals surface area contributed by atoms with Gasteiger partial charge in [0.2, 0.25) is 5.95 Å². The van der Waals surface area contributed by atoms with Crippen LogP contribution in [0.1, 0.15) is 0 Å². The normalized spacial score (nSPS) is 10.8. The van der Waals surface area contributed by atoms with Gasteiger partial charge < -0.3 is 0 Å². The second kappa shape index (κ2) is 5.21. The summed E-state index contributed by atoms with van der Waals surface area (Å²) in [5.74, 6) is -1.37. The second-order valence-corrected chi connectivity index (χ2v) is 4.91. The lowest BCUT2D eigenvalue weighted by Gasteiger charge is -2.09. The Morgan fingerprint density at radius 3 is 2.71 bits per heavy atom. The summed E-state index contributed by atoms with van der Waals surface area (Å²) < 4.78 is 29.0. The van der Waals surface area contributed by atoms with Crippen LogP contribution in [0.5, 0.6) is 0 Å². The Bertz CT molecular complexity index is 875. The van der Waals surface area contributed by atoms with Crippen LogP contribution in [0, 0.1) is 11.8 Å². The summed E-state index contributed by atoms with van der Waals surface area (Å²) in [7, 11) is 0. The van der Waals surface area contributed by atoms with Crippen LogP contribution in [0.15, 0.2) is 46.1 Å². The highest BCUT2D eigenvalue weighted by Crippen LogP contribution is 2.29. The maximum Gasteiger partial charge on any atom is 0.279 e. The summed E-state index contributed by atoms with van der Waals surface area (Å²) >= 11 is 3.08. The molecule has 0 aliphatic carbocycles. The Morgan fingerprint density at radius 2 is 2.00 bits per heavy atom. The van der Waals surface area contributed by atoms with Gasteiger partial charge in [-0.1, -0.05) is 12.1 Å². The van der Waals surface area contributed by atoms with Crippen molar-refractivity contribution in [2.24, 2.45) is 0 Å². The van der Waals surface area contributed by atoms with Gasteiger partial charge in [-0.3, -0.25) is 9.89 Å². The van der Waals surface area contributed by atoms with E-state index in [9.17, 15) is 13.6 Å². The fourth-order valence-corrected chi connectivity index (χ4v) is 2.42. The highest BCUT2D eigenvalue weighted by atomic mass is 79.9. The number of rotatable bonds is 2. The van der Waals surface area contributed by atoms with Crippen LogP contribution in [0.4, 0.5) is 8.78 Å². The zero-order chi connectivity index (χ0) is 15.0. The Hall–Kier alpha value is -2.35. The van der Waals surface area contributed by atoms with Gasteiger partial charge in [0.1, 0.15) is 16.6 Å². The summed E-state index contributed by atoms with van der Waals surface area (Å²) in [6, 6.07) is 5.82. The van der Waals surface area contributed by atoms with Gasteiger partial charge in [-0.05, 0) is 28.1 Å². The molecule has 1 aromatic carbocycles. The monoisotopic (exact) mass is 352 g/mol. The SMILES string of the molecule is O=c1[nH]n(-c2ccccc2F)c(-c2cncnc2F)c1Br. The Morgan fingerprint density at radius 1 is 1.24 bits per heavy atom. The molecule has 8 heteroatoms. The first kappa shape index (κ1) is 13.6. The van der Waals surface area contributed by atoms with E-state index in [0.29, 0.717) is 0 Å². The molecule has 0 amide bonds. The topological polar surface area (TPSA) is 63.6 Å². The molecule has 1 N–H and O–H groups in total. The standard InChI is InChI=1S/C13H7BrF2N4O/c14-10-11(7-5-17-6-18-12(7)16)20(19-13(10)21)9-4-2-1-3-8(9)15/h1-6H,(H,19,21). The lowest BCUT2D eigenvalue weighted by atomic mass is 10.2. The predicted molar refractivity (Wildman–Crippen MR) is 75.0 cm³/mol. The second-order valence-electron chi connectivity index (χ2n) is 4.12. The molecule has 0 spiro atoms. The first-order valence-corrected chi connectivity index (χ1v) is 6.60. The van der Waals surface area contributed by atoms with Crippen LogP contribution in [-0.4, -0.2) is 19.7 Å². The highest BCUT2D eigenvalue weighted by molar-refractivity contribution is 9.10. The maximum absolute atomic E-state index is 13.9. The van der Waals surface area contributed by atoms with E-state index in [1.807, 2.05) is 0 Å². The molecule has 0 radical (unpaired) electrons. The van der Waals surface area contributed by atoms with Crippen molar-refractivity contribution in [3.05, 3.63) is 63.4 Å². The number of aromatic amines is 1. The number of hydrogen-bond donors (Lipinski definition) is 1. The van der Waals surface area contributed by atoms with Crippen molar-refractivity contribution in [2.75, 3.05) is 0 Å². The van der Waals surface area contributed by atoms with Crippen molar-refractivity contribution in [3.63, 3.8) is 0 Å². The molecule has 106 valence electrons. The fraction of sp³-hybridized carbons (Fsp3) is 0. The van der Waals surface area contributed by atoms with E-state index >= 15 is 0 Å². The van der Waals surface area contributed by atoms with Crippen LogP contribution in [0.2, 0.25) is 0 Å². The molecule has 21 heavy (non-hydrogen) atoms. The summed E-state index contributed by atoms with van der Waals surface area (Å²) in [4.78, 5) is 19.0. The van der Waals surface area contributed by atoms with Gasteiger partial charge >= 0.3 is 0 Å². The van der Waals surface area contributed by atoms with Crippen LogP contribution < -0.4 is 5.56 Å². The average Bonchev–Trinajstić information content (AvgIpc) is 2.76. The van der Waals surface area contributed by atoms with Crippen LogP contribution in [-0.2, 0) is 0 Å². The maximum atomic E-state index is 13.9. The lowest BCUT2D eigenvalue weighted by molar-refractivity contribution is 0.580. The molecule has 0 atom stereocenters. The number of nitrogens with zero attached hydrogens (tertiary/aromatic N) is 3. The molecule has 5 nitrogen and oxygen atoms in total. The molecule has 0 aliphatic heterocycles. The lowest BCUT2D eigenvalue weighted by Crippen LogP contribution is -2.06. The minimum Gasteiger partial charge on any atom is -0.267 e.